The minimum absolute atomic E-state index is 0.0591. The lowest BCUT2D eigenvalue weighted by Gasteiger charge is -2.09. The number of nitrogens with one attached hydrogen (secondary N) is 1. The highest BCUT2D eigenvalue weighted by Gasteiger charge is 2.28. The minimum Gasteiger partial charge on any atom is -0.350 e. The second-order valence-corrected chi connectivity index (χ2v) is 6.61. The van der Waals surface area contributed by atoms with Gasteiger partial charge >= 0.3 is 0 Å². The Kier molecular flexibility index (Phi) is 2.92. The van der Waals surface area contributed by atoms with Gasteiger partial charge in [0.2, 0.25) is 5.95 Å². The van der Waals surface area contributed by atoms with Crippen LogP contribution < -0.4 is 5.32 Å². The zero-order valence-electron chi connectivity index (χ0n) is 7.85. The van der Waals surface area contributed by atoms with Crippen molar-refractivity contribution in [1.82, 2.24) is 9.97 Å². The van der Waals surface area contributed by atoms with Crippen LogP contribution in [0, 0.1) is 0 Å². The minimum atomic E-state index is -2.85. The van der Waals surface area contributed by atoms with Crippen LogP contribution in [0.4, 0.5) is 5.95 Å². The Morgan fingerprint density at radius 1 is 1.40 bits per heavy atom. The summed E-state index contributed by atoms with van der Waals surface area (Å²) >= 11 is 3.23. The van der Waals surface area contributed by atoms with Gasteiger partial charge in [0.25, 0.3) is 0 Å². The molecule has 2 rings (SSSR count). The fraction of sp³-hybridized carbons (Fsp3) is 0.500. The average molecular weight is 292 g/mol. The molecule has 1 atom stereocenters. The molecule has 0 spiro atoms. The van der Waals surface area contributed by atoms with Crippen molar-refractivity contribution < 1.29 is 8.42 Å². The third-order valence-electron chi connectivity index (χ3n) is 2.19. The second-order valence-electron chi connectivity index (χ2n) is 3.47. The van der Waals surface area contributed by atoms with Crippen LogP contribution in [-0.2, 0) is 9.84 Å². The largest absolute Gasteiger partial charge is 0.350 e. The van der Waals surface area contributed by atoms with E-state index in [4.69, 9.17) is 0 Å². The Hall–Kier alpha value is -0.690. The molecule has 0 amide bonds. The predicted molar refractivity (Wildman–Crippen MR) is 60.4 cm³/mol. The number of aromatic nitrogens is 2. The molecule has 2 heterocycles. The van der Waals surface area contributed by atoms with Crippen LogP contribution in [0.1, 0.15) is 6.42 Å². The number of nitrogens with zero attached hydrogens (tertiary/aromatic N) is 2. The molecule has 0 aliphatic carbocycles. The molecular formula is C8H10BrN3O2S. The van der Waals surface area contributed by atoms with Crippen molar-refractivity contribution in [3.63, 3.8) is 0 Å². The highest BCUT2D eigenvalue weighted by Crippen LogP contribution is 2.15. The van der Waals surface area contributed by atoms with Gasteiger partial charge in [-0.3, -0.25) is 0 Å². The summed E-state index contributed by atoms with van der Waals surface area (Å²) in [5, 5.41) is 3.00. The molecule has 0 aromatic carbocycles. The highest BCUT2D eigenvalue weighted by molar-refractivity contribution is 9.10. The maximum atomic E-state index is 11.2. The quantitative estimate of drug-likeness (QED) is 0.874. The Bertz CT molecular complexity index is 445. The van der Waals surface area contributed by atoms with Crippen LogP contribution >= 0.6 is 15.9 Å². The van der Waals surface area contributed by atoms with E-state index < -0.39 is 9.84 Å². The number of sulfone groups is 1. The van der Waals surface area contributed by atoms with E-state index in [-0.39, 0.29) is 17.5 Å². The molecule has 1 aliphatic heterocycles. The molecule has 0 saturated carbocycles. The monoisotopic (exact) mass is 291 g/mol. The van der Waals surface area contributed by atoms with Gasteiger partial charge in [0.15, 0.2) is 9.84 Å². The zero-order valence-corrected chi connectivity index (χ0v) is 10.3. The normalized spacial score (nSPS) is 23.9. The van der Waals surface area contributed by atoms with Gasteiger partial charge in [-0.15, -0.1) is 0 Å². The van der Waals surface area contributed by atoms with Gasteiger partial charge in [0, 0.05) is 18.4 Å². The van der Waals surface area contributed by atoms with Gasteiger partial charge in [-0.25, -0.2) is 18.4 Å². The second kappa shape index (κ2) is 4.05. The molecule has 1 aromatic rings. The van der Waals surface area contributed by atoms with E-state index in [1.807, 2.05) is 0 Å². The summed E-state index contributed by atoms with van der Waals surface area (Å²) in [5.41, 5.74) is 0. The van der Waals surface area contributed by atoms with Crippen LogP contribution in [0.5, 0.6) is 0 Å². The molecule has 5 nitrogen and oxygen atoms in total. The summed E-state index contributed by atoms with van der Waals surface area (Å²) in [6, 6.07) is -0.0591. The summed E-state index contributed by atoms with van der Waals surface area (Å²) in [6.07, 6.45) is 3.87. The molecule has 1 saturated heterocycles. The SMILES string of the molecule is O=S1(=O)CCC(Nc2ncc(Br)cn2)C1. The van der Waals surface area contributed by atoms with Gasteiger partial charge in [-0.2, -0.15) is 0 Å². The number of rotatable bonds is 2. The average Bonchev–Trinajstić information content (AvgIpc) is 2.50. The van der Waals surface area contributed by atoms with Crippen LogP contribution in [0.3, 0.4) is 0 Å². The van der Waals surface area contributed by atoms with E-state index in [1.54, 1.807) is 12.4 Å². The molecule has 1 unspecified atom stereocenters. The Morgan fingerprint density at radius 2 is 2.07 bits per heavy atom. The van der Waals surface area contributed by atoms with E-state index in [2.05, 4.69) is 31.2 Å². The van der Waals surface area contributed by atoms with Crippen molar-refractivity contribution in [2.75, 3.05) is 16.8 Å². The Morgan fingerprint density at radius 3 is 2.60 bits per heavy atom. The molecule has 1 aromatic heterocycles. The summed E-state index contributed by atoms with van der Waals surface area (Å²) < 4.78 is 23.2. The number of hydrogen-bond acceptors (Lipinski definition) is 5. The van der Waals surface area contributed by atoms with Crippen molar-refractivity contribution in [2.24, 2.45) is 0 Å². The molecule has 82 valence electrons. The van der Waals surface area contributed by atoms with Crippen molar-refractivity contribution >= 4 is 31.7 Å². The van der Waals surface area contributed by atoms with Crippen molar-refractivity contribution in [3.8, 4) is 0 Å². The van der Waals surface area contributed by atoms with Crippen LogP contribution in [0.2, 0.25) is 0 Å². The third-order valence-corrected chi connectivity index (χ3v) is 4.36. The summed E-state index contributed by atoms with van der Waals surface area (Å²) in [5.74, 6) is 0.897. The molecular weight excluding hydrogens is 282 g/mol. The first-order valence-electron chi connectivity index (χ1n) is 4.50. The van der Waals surface area contributed by atoms with Crippen LogP contribution in [-0.4, -0.2) is 35.9 Å². The van der Waals surface area contributed by atoms with Crippen molar-refractivity contribution in [1.29, 1.82) is 0 Å². The van der Waals surface area contributed by atoms with E-state index in [0.717, 1.165) is 4.47 Å². The maximum Gasteiger partial charge on any atom is 0.222 e. The molecule has 1 aliphatic rings. The standard InChI is InChI=1S/C8H10BrN3O2S/c9-6-3-10-8(11-4-6)12-7-1-2-15(13,14)5-7/h3-4,7H,1-2,5H2,(H,10,11,12). The van der Waals surface area contributed by atoms with Crippen LogP contribution in [0.25, 0.3) is 0 Å². The zero-order chi connectivity index (χ0) is 10.9. The van der Waals surface area contributed by atoms with E-state index in [0.29, 0.717) is 12.4 Å². The fourth-order valence-electron chi connectivity index (χ4n) is 1.48. The predicted octanol–water partition coefficient (Wildman–Crippen LogP) is 0.838. The summed E-state index contributed by atoms with van der Waals surface area (Å²) in [7, 11) is -2.85. The lowest BCUT2D eigenvalue weighted by Crippen LogP contribution is -2.21. The number of hydrogen-bond donors (Lipinski definition) is 1. The summed E-state index contributed by atoms with van der Waals surface area (Å²) in [4.78, 5) is 8.05. The number of anilines is 1. The van der Waals surface area contributed by atoms with Crippen LogP contribution in [0.15, 0.2) is 16.9 Å². The van der Waals surface area contributed by atoms with Gasteiger partial charge in [0.05, 0.1) is 16.0 Å². The number of halogens is 1. The van der Waals surface area contributed by atoms with Gasteiger partial charge in [-0.1, -0.05) is 0 Å². The lowest BCUT2D eigenvalue weighted by atomic mass is 10.3. The van der Waals surface area contributed by atoms with Crippen molar-refractivity contribution in [2.45, 2.75) is 12.5 Å². The fourth-order valence-corrected chi connectivity index (χ4v) is 3.36. The van der Waals surface area contributed by atoms with E-state index >= 15 is 0 Å². The van der Waals surface area contributed by atoms with E-state index in [9.17, 15) is 8.42 Å². The summed E-state index contributed by atoms with van der Waals surface area (Å²) in [6.45, 7) is 0. The lowest BCUT2D eigenvalue weighted by molar-refractivity contribution is 0.602. The van der Waals surface area contributed by atoms with Gasteiger partial charge < -0.3 is 5.32 Å². The van der Waals surface area contributed by atoms with Crippen molar-refractivity contribution in [3.05, 3.63) is 16.9 Å². The molecule has 0 bridgehead atoms. The first kappa shape index (κ1) is 10.8. The Labute approximate surface area is 96.4 Å². The molecule has 7 heteroatoms. The first-order valence-corrected chi connectivity index (χ1v) is 7.11. The molecule has 0 radical (unpaired) electrons. The maximum absolute atomic E-state index is 11.2. The molecule has 1 N–H and O–H groups in total. The highest BCUT2D eigenvalue weighted by atomic mass is 79.9. The Balaban J connectivity index is 2.02. The first-order chi connectivity index (χ1) is 7.05. The third kappa shape index (κ3) is 2.88. The topological polar surface area (TPSA) is 72.0 Å². The molecule has 1 fully saturated rings. The molecule has 15 heavy (non-hydrogen) atoms. The van der Waals surface area contributed by atoms with Gasteiger partial charge in [-0.05, 0) is 22.4 Å². The smallest absolute Gasteiger partial charge is 0.222 e. The van der Waals surface area contributed by atoms with E-state index in [1.165, 1.54) is 0 Å². The van der Waals surface area contributed by atoms with Gasteiger partial charge in [0.1, 0.15) is 0 Å².